The number of unbranched alkanes of at least 4 members (excludes halogenated alkanes) is 1. The van der Waals surface area contributed by atoms with Gasteiger partial charge in [-0.15, -0.1) is 0 Å². The van der Waals surface area contributed by atoms with Crippen LogP contribution in [0.2, 0.25) is 0 Å². The molecular formula is C59H82N2O7S. The predicted octanol–water partition coefficient (Wildman–Crippen LogP) is 12.7. The van der Waals surface area contributed by atoms with Crippen LogP contribution in [0.5, 0.6) is 11.5 Å². The summed E-state index contributed by atoms with van der Waals surface area (Å²) >= 11 is 1.37. The molecule has 0 aliphatic carbocycles. The monoisotopic (exact) mass is 963 g/mol. The minimum absolute atomic E-state index is 0.103. The highest BCUT2D eigenvalue weighted by atomic mass is 32.2. The van der Waals surface area contributed by atoms with Gasteiger partial charge in [0.05, 0.1) is 16.4 Å². The van der Waals surface area contributed by atoms with Crippen molar-refractivity contribution in [3.8, 4) is 11.5 Å². The molecule has 2 amide bonds. The molecule has 5 rings (SSSR count). The Morgan fingerprint density at radius 1 is 0.536 bits per heavy atom. The summed E-state index contributed by atoms with van der Waals surface area (Å²) in [7, 11) is 1.67. The predicted molar refractivity (Wildman–Crippen MR) is 286 cm³/mol. The first-order chi connectivity index (χ1) is 32.7. The second-order valence-corrected chi connectivity index (χ2v) is 18.9. The summed E-state index contributed by atoms with van der Waals surface area (Å²) in [6, 6.07) is 24.2. The minimum atomic E-state index is -0.157. The van der Waals surface area contributed by atoms with Gasteiger partial charge < -0.3 is 30.3 Å². The van der Waals surface area contributed by atoms with Crippen molar-refractivity contribution < 1.29 is 34.1 Å². The first-order valence-corrected chi connectivity index (χ1v) is 25.2. The van der Waals surface area contributed by atoms with E-state index in [4.69, 9.17) is 9.47 Å². The number of hydrogen-bond donors (Lipinski definition) is 4. The van der Waals surface area contributed by atoms with E-state index in [0.29, 0.717) is 39.1 Å². The number of para-hydroxylation sites is 2. The van der Waals surface area contributed by atoms with Crippen LogP contribution in [0, 0.1) is 76.2 Å². The third-order valence-electron chi connectivity index (χ3n) is 12.3. The Hall–Kier alpha value is -5.58. The van der Waals surface area contributed by atoms with Gasteiger partial charge in [0.1, 0.15) is 18.1 Å². The molecule has 0 heterocycles. The molecule has 0 unspecified atom stereocenters. The van der Waals surface area contributed by atoms with E-state index in [9.17, 15) is 24.6 Å². The summed E-state index contributed by atoms with van der Waals surface area (Å²) in [6.07, 6.45) is 6.15. The molecule has 10 heteroatoms. The van der Waals surface area contributed by atoms with Crippen LogP contribution in [-0.2, 0) is 43.1 Å². The molecule has 69 heavy (non-hydrogen) atoms. The van der Waals surface area contributed by atoms with Gasteiger partial charge in [-0.05, 0) is 199 Å². The van der Waals surface area contributed by atoms with Gasteiger partial charge in [0.25, 0.3) is 0 Å². The van der Waals surface area contributed by atoms with Crippen molar-refractivity contribution in [3.63, 3.8) is 0 Å². The molecule has 0 bridgehead atoms. The quantitative estimate of drug-likeness (QED) is 0.0504. The number of hydrogen-bond acceptors (Lipinski definition) is 8. The molecule has 0 spiro atoms. The lowest BCUT2D eigenvalue weighted by molar-refractivity contribution is -0.145. The zero-order valence-electron chi connectivity index (χ0n) is 44.3. The zero-order valence-corrected chi connectivity index (χ0v) is 45.1. The van der Waals surface area contributed by atoms with E-state index in [-0.39, 0.29) is 29.3 Å². The molecule has 0 radical (unpaired) electrons. The van der Waals surface area contributed by atoms with Crippen molar-refractivity contribution in [1.82, 2.24) is 10.6 Å². The molecule has 376 valence electrons. The maximum atomic E-state index is 11.6. The first kappa shape index (κ1) is 59.5. The molecule has 0 aliphatic rings. The molecule has 0 saturated carbocycles. The standard InChI is InChI=1S/C16H25NO.C16H24O3.C14H14O2S.C13H19NO/c1-5-6-9-17-16(18)8-7-15-10-12(2)14(4)13(3)11-15;1-5-18-8-9-19-16(17)7-6-15-10-12(2)14(4)13(3)11-15;1-9-5-3-7-11(13(9)15)17-12-8-4-6-10(2)14(12)16;1-9-7-12(5-6-13(15)14-4)8-10(2)11(9)3/h10-11H,5-9H2,1-4H3,(H,17,18);10-11H,5-9H2,1-4H3;3-8,15-16H,1-2H3;7-8H,5-6H2,1-4H3,(H,14,15). The van der Waals surface area contributed by atoms with Crippen LogP contribution in [0.3, 0.4) is 0 Å². The fourth-order valence-electron chi connectivity index (χ4n) is 7.17. The van der Waals surface area contributed by atoms with Gasteiger partial charge in [0, 0.05) is 39.5 Å². The largest absolute Gasteiger partial charge is 0.506 e. The van der Waals surface area contributed by atoms with Crippen molar-refractivity contribution in [2.45, 2.75) is 151 Å². The van der Waals surface area contributed by atoms with Gasteiger partial charge >= 0.3 is 5.97 Å². The average molecular weight is 963 g/mol. The number of benzene rings is 5. The SMILES string of the molecule is CCCCNC(=O)CCc1cc(C)c(C)c(C)c1.CCOCCOC(=O)CCc1cc(C)c(C)c(C)c1.CNC(=O)CCc1cc(C)c(C)c(C)c1.Cc1cccc(Sc2cccc(C)c2O)c1O. The van der Waals surface area contributed by atoms with E-state index in [1.165, 1.54) is 78.5 Å². The Kier molecular flexibility index (Phi) is 27.2. The highest BCUT2D eigenvalue weighted by molar-refractivity contribution is 7.99. The lowest BCUT2D eigenvalue weighted by Crippen LogP contribution is -2.24. The number of phenols is 2. The number of carbonyl (C=O) groups is 3. The number of aryl methyl sites for hydroxylation is 11. The third kappa shape index (κ3) is 21.7. The van der Waals surface area contributed by atoms with E-state index in [1.807, 2.05) is 57.2 Å². The molecule has 5 aromatic carbocycles. The number of carbonyl (C=O) groups excluding carboxylic acids is 3. The van der Waals surface area contributed by atoms with Crippen molar-refractivity contribution in [3.05, 3.63) is 151 Å². The lowest BCUT2D eigenvalue weighted by atomic mass is 9.98. The van der Waals surface area contributed by atoms with Crippen LogP contribution >= 0.6 is 11.8 Å². The maximum absolute atomic E-state index is 11.6. The van der Waals surface area contributed by atoms with Gasteiger partial charge in [-0.1, -0.05) is 85.8 Å². The Balaban J connectivity index is 0.000000317. The second kappa shape index (κ2) is 31.5. The van der Waals surface area contributed by atoms with E-state index in [2.05, 4.69) is 116 Å². The van der Waals surface area contributed by atoms with E-state index < -0.39 is 0 Å². The Morgan fingerprint density at radius 2 is 0.928 bits per heavy atom. The zero-order chi connectivity index (χ0) is 51.6. The summed E-state index contributed by atoms with van der Waals surface area (Å²) in [5.41, 5.74) is 17.2. The second-order valence-electron chi connectivity index (χ2n) is 17.8. The van der Waals surface area contributed by atoms with E-state index in [1.54, 1.807) is 7.05 Å². The molecule has 0 saturated heterocycles. The molecule has 0 fully saturated rings. The van der Waals surface area contributed by atoms with E-state index in [0.717, 1.165) is 59.6 Å². The van der Waals surface area contributed by atoms with Gasteiger partial charge in [0.15, 0.2) is 0 Å². The number of amides is 2. The van der Waals surface area contributed by atoms with E-state index >= 15 is 0 Å². The highest BCUT2D eigenvalue weighted by Crippen LogP contribution is 2.40. The average Bonchev–Trinajstić information content (AvgIpc) is 3.31. The molecule has 0 aliphatic heterocycles. The summed E-state index contributed by atoms with van der Waals surface area (Å²) in [5, 5.41) is 25.4. The summed E-state index contributed by atoms with van der Waals surface area (Å²) in [5.74, 6) is 0.664. The van der Waals surface area contributed by atoms with Gasteiger partial charge in [-0.3, -0.25) is 14.4 Å². The number of phenolic OH excluding ortho intramolecular Hbond substituents is 2. The van der Waals surface area contributed by atoms with Gasteiger partial charge in [-0.25, -0.2) is 0 Å². The summed E-state index contributed by atoms with van der Waals surface area (Å²) in [6.45, 7) is 29.1. The smallest absolute Gasteiger partial charge is 0.306 e. The molecule has 9 nitrogen and oxygen atoms in total. The van der Waals surface area contributed by atoms with Gasteiger partial charge in [0.2, 0.25) is 11.8 Å². The van der Waals surface area contributed by atoms with Crippen molar-refractivity contribution in [2.75, 3.05) is 33.4 Å². The molecular weight excluding hydrogens is 881 g/mol. The number of ether oxygens (including phenoxy) is 2. The van der Waals surface area contributed by atoms with Crippen LogP contribution < -0.4 is 10.6 Å². The summed E-state index contributed by atoms with van der Waals surface area (Å²) < 4.78 is 10.2. The fourth-order valence-corrected chi connectivity index (χ4v) is 8.21. The molecule has 0 atom stereocenters. The Morgan fingerprint density at radius 3 is 1.30 bits per heavy atom. The van der Waals surface area contributed by atoms with Crippen LogP contribution in [0.4, 0.5) is 0 Å². The number of esters is 1. The van der Waals surface area contributed by atoms with Crippen LogP contribution in [0.15, 0.2) is 82.6 Å². The van der Waals surface area contributed by atoms with Crippen LogP contribution in [0.25, 0.3) is 0 Å². The first-order valence-electron chi connectivity index (χ1n) is 24.4. The Bertz CT molecular complexity index is 2310. The Labute approximate surface area is 419 Å². The van der Waals surface area contributed by atoms with Gasteiger partial charge in [-0.2, -0.15) is 0 Å². The van der Waals surface area contributed by atoms with Crippen LogP contribution in [-0.4, -0.2) is 61.4 Å². The maximum Gasteiger partial charge on any atom is 0.306 e. The fraction of sp³-hybridized carbons (Fsp3) is 0.441. The number of rotatable bonds is 18. The van der Waals surface area contributed by atoms with Crippen molar-refractivity contribution in [1.29, 1.82) is 0 Å². The topological polar surface area (TPSA) is 134 Å². The van der Waals surface area contributed by atoms with Crippen LogP contribution in [0.1, 0.15) is 124 Å². The molecule has 5 aromatic rings. The minimum Gasteiger partial charge on any atom is -0.506 e. The molecule has 0 aromatic heterocycles. The van der Waals surface area contributed by atoms with Crippen molar-refractivity contribution >= 4 is 29.5 Å². The normalized spacial score (nSPS) is 10.4. The number of aromatic hydroxyl groups is 2. The highest BCUT2D eigenvalue weighted by Gasteiger charge is 2.11. The third-order valence-corrected chi connectivity index (χ3v) is 13.4. The van der Waals surface area contributed by atoms with Crippen molar-refractivity contribution in [2.24, 2.45) is 0 Å². The summed E-state index contributed by atoms with van der Waals surface area (Å²) in [4.78, 5) is 35.8. The lowest BCUT2D eigenvalue weighted by Gasteiger charge is -2.09. The molecule has 4 N–H and O–H groups in total. The number of nitrogens with one attached hydrogen (secondary N) is 2.